The van der Waals surface area contributed by atoms with Crippen LogP contribution in [0, 0.1) is 11.3 Å². The van der Waals surface area contributed by atoms with Crippen LogP contribution in [-0.4, -0.2) is 32.4 Å². The van der Waals surface area contributed by atoms with Gasteiger partial charge in [0.15, 0.2) is 0 Å². The Morgan fingerprint density at radius 1 is 1.21 bits per heavy atom. The van der Waals surface area contributed by atoms with E-state index in [4.69, 9.17) is 9.47 Å². The second-order valence-electron chi connectivity index (χ2n) is 5.25. The molecule has 0 bridgehead atoms. The number of nitrogens with zero attached hydrogens (tertiary/aromatic N) is 1. The summed E-state index contributed by atoms with van der Waals surface area (Å²) in [6.07, 6.45) is 1.94. The van der Waals surface area contributed by atoms with E-state index in [0.717, 1.165) is 37.2 Å². The molecule has 2 heterocycles. The number of nitrogens with one attached hydrogen (secondary N) is 1. The van der Waals surface area contributed by atoms with Crippen LogP contribution < -0.4 is 10.1 Å². The van der Waals surface area contributed by atoms with Gasteiger partial charge in [0.25, 0.3) is 0 Å². The molecule has 0 aliphatic carbocycles. The van der Waals surface area contributed by atoms with Crippen molar-refractivity contribution in [1.29, 1.82) is 5.26 Å². The summed E-state index contributed by atoms with van der Waals surface area (Å²) in [4.78, 5) is 0. The maximum Gasteiger partial charge on any atom is 0.145 e. The summed E-state index contributed by atoms with van der Waals surface area (Å²) in [5.74, 6) is 0.860. The summed E-state index contributed by atoms with van der Waals surface area (Å²) >= 11 is 0. The summed E-state index contributed by atoms with van der Waals surface area (Å²) < 4.78 is 10.8. The number of rotatable bonds is 3. The predicted molar refractivity (Wildman–Crippen MR) is 71.1 cm³/mol. The van der Waals surface area contributed by atoms with Gasteiger partial charge in [-0.1, -0.05) is 12.1 Å². The van der Waals surface area contributed by atoms with Crippen molar-refractivity contribution < 1.29 is 9.47 Å². The van der Waals surface area contributed by atoms with E-state index >= 15 is 0 Å². The molecule has 4 heteroatoms. The van der Waals surface area contributed by atoms with Crippen molar-refractivity contribution >= 4 is 0 Å². The molecule has 0 radical (unpaired) electrons. The molecule has 3 rings (SSSR count). The van der Waals surface area contributed by atoms with Gasteiger partial charge >= 0.3 is 0 Å². The van der Waals surface area contributed by atoms with E-state index < -0.39 is 0 Å². The van der Waals surface area contributed by atoms with Crippen molar-refractivity contribution in [2.75, 3.05) is 26.3 Å². The van der Waals surface area contributed by atoms with Gasteiger partial charge in [0.05, 0.1) is 24.7 Å². The van der Waals surface area contributed by atoms with Gasteiger partial charge in [-0.2, -0.15) is 5.26 Å². The van der Waals surface area contributed by atoms with Gasteiger partial charge in [0, 0.05) is 0 Å². The first-order chi connectivity index (χ1) is 9.32. The molecular weight excluding hydrogens is 240 g/mol. The van der Waals surface area contributed by atoms with E-state index in [-0.39, 0.29) is 11.5 Å². The molecule has 0 aromatic heterocycles. The standard InChI is InChI=1S/C15H18N2O2/c16-11-15(5-7-17-8-6-15)12-1-3-13(4-2-12)19-14-9-18-10-14/h1-4,14,17H,5-10H2. The van der Waals surface area contributed by atoms with Crippen LogP contribution in [0.1, 0.15) is 18.4 Å². The van der Waals surface area contributed by atoms with Crippen LogP contribution in [0.3, 0.4) is 0 Å². The Kier molecular flexibility index (Phi) is 3.41. The Bertz CT molecular complexity index is 468. The predicted octanol–water partition coefficient (Wildman–Crippen LogP) is 1.61. The van der Waals surface area contributed by atoms with Crippen LogP contribution in [0.5, 0.6) is 5.75 Å². The number of ether oxygens (including phenoxy) is 2. The van der Waals surface area contributed by atoms with Crippen LogP contribution in [0.4, 0.5) is 0 Å². The molecule has 0 atom stereocenters. The Balaban J connectivity index is 1.75. The number of hydrogen-bond donors (Lipinski definition) is 1. The zero-order valence-corrected chi connectivity index (χ0v) is 10.9. The zero-order valence-electron chi connectivity index (χ0n) is 10.9. The van der Waals surface area contributed by atoms with Crippen LogP contribution in [0.2, 0.25) is 0 Å². The SMILES string of the molecule is N#CC1(c2ccc(OC3COC3)cc2)CCNCC1. The maximum atomic E-state index is 9.53. The summed E-state index contributed by atoms with van der Waals surface area (Å²) in [5.41, 5.74) is 0.775. The lowest BCUT2D eigenvalue weighted by molar-refractivity contribution is -0.0796. The largest absolute Gasteiger partial charge is 0.486 e. The molecule has 100 valence electrons. The fourth-order valence-electron chi connectivity index (χ4n) is 2.65. The van der Waals surface area contributed by atoms with E-state index in [9.17, 15) is 5.26 Å². The minimum atomic E-state index is -0.330. The fourth-order valence-corrected chi connectivity index (χ4v) is 2.65. The lowest BCUT2D eigenvalue weighted by Crippen LogP contribution is -2.39. The number of benzene rings is 1. The molecule has 0 unspecified atom stereocenters. The Morgan fingerprint density at radius 2 is 1.89 bits per heavy atom. The number of piperidine rings is 1. The normalized spacial score (nSPS) is 22.3. The van der Waals surface area contributed by atoms with Crippen molar-refractivity contribution in [2.45, 2.75) is 24.4 Å². The van der Waals surface area contributed by atoms with Crippen molar-refractivity contribution in [3.8, 4) is 11.8 Å². The summed E-state index contributed by atoms with van der Waals surface area (Å²) in [6, 6.07) is 10.5. The van der Waals surface area contributed by atoms with Gasteiger partial charge in [0.2, 0.25) is 0 Å². The fraction of sp³-hybridized carbons (Fsp3) is 0.533. The molecule has 1 aromatic rings. The Labute approximate surface area is 113 Å². The van der Waals surface area contributed by atoms with Crippen LogP contribution in [-0.2, 0) is 10.2 Å². The number of nitriles is 1. The molecule has 0 amide bonds. The average molecular weight is 258 g/mol. The topological polar surface area (TPSA) is 54.3 Å². The maximum absolute atomic E-state index is 9.53. The first-order valence-corrected chi connectivity index (χ1v) is 6.79. The van der Waals surface area contributed by atoms with Crippen molar-refractivity contribution in [3.63, 3.8) is 0 Å². The van der Waals surface area contributed by atoms with E-state index in [1.54, 1.807) is 0 Å². The van der Waals surface area contributed by atoms with Gasteiger partial charge in [-0.15, -0.1) is 0 Å². The third kappa shape index (κ3) is 2.44. The highest BCUT2D eigenvalue weighted by Gasteiger charge is 2.33. The van der Waals surface area contributed by atoms with E-state index in [1.165, 1.54) is 0 Å². The minimum Gasteiger partial charge on any atom is -0.486 e. The third-order valence-corrected chi connectivity index (χ3v) is 3.99. The van der Waals surface area contributed by atoms with Crippen LogP contribution >= 0.6 is 0 Å². The molecule has 2 aliphatic rings. The molecule has 2 saturated heterocycles. The third-order valence-electron chi connectivity index (χ3n) is 3.99. The van der Waals surface area contributed by atoms with Crippen molar-refractivity contribution in [1.82, 2.24) is 5.32 Å². The zero-order chi connectivity index (χ0) is 13.1. The van der Waals surface area contributed by atoms with E-state index in [0.29, 0.717) is 13.2 Å². The quantitative estimate of drug-likeness (QED) is 0.895. The van der Waals surface area contributed by atoms with Crippen molar-refractivity contribution in [3.05, 3.63) is 29.8 Å². The highest BCUT2D eigenvalue weighted by atomic mass is 16.6. The van der Waals surface area contributed by atoms with Gasteiger partial charge in [-0.25, -0.2) is 0 Å². The van der Waals surface area contributed by atoms with Gasteiger partial charge in [0.1, 0.15) is 11.9 Å². The van der Waals surface area contributed by atoms with Gasteiger partial charge in [-0.3, -0.25) is 0 Å². The average Bonchev–Trinajstić information content (AvgIpc) is 2.44. The summed E-state index contributed by atoms with van der Waals surface area (Å²) in [5, 5.41) is 12.8. The molecule has 19 heavy (non-hydrogen) atoms. The van der Waals surface area contributed by atoms with E-state index in [1.807, 2.05) is 24.3 Å². The molecule has 1 N–H and O–H groups in total. The first kappa shape index (κ1) is 12.5. The smallest absolute Gasteiger partial charge is 0.145 e. The molecule has 2 fully saturated rings. The second-order valence-corrected chi connectivity index (χ2v) is 5.25. The van der Waals surface area contributed by atoms with Gasteiger partial charge < -0.3 is 14.8 Å². The Hall–Kier alpha value is -1.57. The lowest BCUT2D eigenvalue weighted by Gasteiger charge is -2.32. The Morgan fingerprint density at radius 3 is 2.42 bits per heavy atom. The van der Waals surface area contributed by atoms with Gasteiger partial charge in [-0.05, 0) is 43.6 Å². The summed E-state index contributed by atoms with van der Waals surface area (Å²) in [6.45, 7) is 3.17. The molecule has 1 aromatic carbocycles. The summed E-state index contributed by atoms with van der Waals surface area (Å²) in [7, 11) is 0. The van der Waals surface area contributed by atoms with Crippen LogP contribution in [0.25, 0.3) is 0 Å². The van der Waals surface area contributed by atoms with E-state index in [2.05, 4.69) is 11.4 Å². The monoisotopic (exact) mass is 258 g/mol. The molecule has 2 aliphatic heterocycles. The second kappa shape index (κ2) is 5.20. The van der Waals surface area contributed by atoms with Crippen LogP contribution in [0.15, 0.2) is 24.3 Å². The molecular formula is C15H18N2O2. The minimum absolute atomic E-state index is 0.189. The molecule has 0 saturated carbocycles. The van der Waals surface area contributed by atoms with Crippen molar-refractivity contribution in [2.24, 2.45) is 0 Å². The molecule has 4 nitrogen and oxygen atoms in total. The highest BCUT2D eigenvalue weighted by molar-refractivity contribution is 5.37. The number of hydrogen-bond acceptors (Lipinski definition) is 4. The first-order valence-electron chi connectivity index (χ1n) is 6.79. The highest BCUT2D eigenvalue weighted by Crippen LogP contribution is 2.33. The lowest BCUT2D eigenvalue weighted by atomic mass is 9.74. The molecule has 0 spiro atoms.